The van der Waals surface area contributed by atoms with E-state index in [1.165, 1.54) is 17.4 Å². The van der Waals surface area contributed by atoms with Crippen molar-refractivity contribution in [3.63, 3.8) is 0 Å². The summed E-state index contributed by atoms with van der Waals surface area (Å²) in [7, 11) is 0. The summed E-state index contributed by atoms with van der Waals surface area (Å²) in [6.07, 6.45) is 6.05. The Balaban J connectivity index is 1.77. The van der Waals surface area contributed by atoms with Crippen LogP contribution in [0.5, 0.6) is 0 Å². The van der Waals surface area contributed by atoms with E-state index in [2.05, 4.69) is 27.3 Å². The maximum absolute atomic E-state index is 11.8. The Bertz CT molecular complexity index is 627. The third-order valence-electron chi connectivity index (χ3n) is 3.37. The maximum atomic E-state index is 11.8. The van der Waals surface area contributed by atoms with Gasteiger partial charge >= 0.3 is 5.97 Å². The van der Waals surface area contributed by atoms with E-state index in [9.17, 15) is 9.59 Å². The van der Waals surface area contributed by atoms with Gasteiger partial charge in [0.15, 0.2) is 6.61 Å². The summed E-state index contributed by atoms with van der Waals surface area (Å²) < 4.78 is 5.85. The Kier molecular flexibility index (Phi) is 5.75. The van der Waals surface area contributed by atoms with Crippen LogP contribution in [-0.4, -0.2) is 24.0 Å². The molecule has 5 nitrogen and oxygen atoms in total. The van der Waals surface area contributed by atoms with Crippen molar-refractivity contribution in [2.24, 2.45) is 0 Å². The second-order valence-electron chi connectivity index (χ2n) is 5.03. The van der Waals surface area contributed by atoms with Gasteiger partial charge in [-0.25, -0.2) is 4.79 Å². The molecule has 1 amide bonds. The lowest BCUT2D eigenvalue weighted by molar-refractivity contribution is -0.144. The summed E-state index contributed by atoms with van der Waals surface area (Å²) in [5, 5.41) is 11.8. The molecule has 0 aromatic carbocycles. The van der Waals surface area contributed by atoms with E-state index in [-0.39, 0.29) is 6.61 Å². The number of amides is 1. The number of carbonyl (C=O) groups excluding carboxylic acids is 2. The predicted octanol–water partition coefficient (Wildman–Crippen LogP) is 3.02. The van der Waals surface area contributed by atoms with Gasteiger partial charge in [0, 0.05) is 11.0 Å². The van der Waals surface area contributed by atoms with E-state index in [1.807, 2.05) is 12.1 Å². The van der Waals surface area contributed by atoms with E-state index in [4.69, 9.17) is 10.00 Å². The zero-order valence-corrected chi connectivity index (χ0v) is 14.2. The monoisotopic (exact) mass is 382 g/mol. The summed E-state index contributed by atoms with van der Waals surface area (Å²) in [4.78, 5) is 24.2. The number of thiophene rings is 1. The molecule has 1 aliphatic carbocycles. The Morgan fingerprint density at radius 1 is 1.45 bits per heavy atom. The molecule has 1 aromatic heterocycles. The standard InChI is InChI=1S/C15H15BrN2O3S/c16-12-5-3-11(22-12)4-6-14(20)21-9-13(19)18-15(10-17)7-1-2-8-15/h3-6H,1-2,7-9H2,(H,18,19)/b6-4+. The van der Waals surface area contributed by atoms with Gasteiger partial charge < -0.3 is 10.1 Å². The molecular formula is C15H15BrN2O3S. The molecular weight excluding hydrogens is 368 g/mol. The van der Waals surface area contributed by atoms with Crippen LogP contribution >= 0.6 is 27.3 Å². The molecule has 0 unspecified atom stereocenters. The Morgan fingerprint density at radius 3 is 2.77 bits per heavy atom. The van der Waals surface area contributed by atoms with Crippen LogP contribution in [0.2, 0.25) is 0 Å². The van der Waals surface area contributed by atoms with Gasteiger partial charge in [-0.15, -0.1) is 11.3 Å². The molecule has 0 spiro atoms. The minimum atomic E-state index is -0.789. The molecule has 0 aliphatic heterocycles. The van der Waals surface area contributed by atoms with Crippen LogP contribution < -0.4 is 5.32 Å². The lowest BCUT2D eigenvalue weighted by Gasteiger charge is -2.21. The summed E-state index contributed by atoms with van der Waals surface area (Å²) in [6, 6.07) is 5.90. The maximum Gasteiger partial charge on any atom is 0.331 e. The number of hydrogen-bond donors (Lipinski definition) is 1. The van der Waals surface area contributed by atoms with Crippen molar-refractivity contribution in [2.75, 3.05) is 6.61 Å². The fraction of sp³-hybridized carbons (Fsp3) is 0.400. The van der Waals surface area contributed by atoms with Crippen LogP contribution in [0.15, 0.2) is 22.0 Å². The molecule has 1 saturated carbocycles. The lowest BCUT2D eigenvalue weighted by atomic mass is 10.00. The third-order valence-corrected chi connectivity index (χ3v) is 4.96. The Hall–Kier alpha value is -1.65. The number of nitrogens with one attached hydrogen (secondary N) is 1. The van der Waals surface area contributed by atoms with E-state index < -0.39 is 17.4 Å². The smallest absolute Gasteiger partial charge is 0.331 e. The largest absolute Gasteiger partial charge is 0.452 e. The normalized spacial score (nSPS) is 16.4. The van der Waals surface area contributed by atoms with Gasteiger partial charge in [-0.1, -0.05) is 0 Å². The minimum Gasteiger partial charge on any atom is -0.452 e. The van der Waals surface area contributed by atoms with Gasteiger partial charge in [-0.3, -0.25) is 4.79 Å². The second kappa shape index (κ2) is 7.56. The van der Waals surface area contributed by atoms with Crippen LogP contribution in [0.4, 0.5) is 0 Å². The fourth-order valence-corrected chi connectivity index (χ4v) is 3.63. The summed E-state index contributed by atoms with van der Waals surface area (Å²) in [6.45, 7) is -0.374. The number of hydrogen-bond acceptors (Lipinski definition) is 5. The van der Waals surface area contributed by atoms with E-state index in [0.29, 0.717) is 12.8 Å². The van der Waals surface area contributed by atoms with Crippen molar-refractivity contribution < 1.29 is 14.3 Å². The highest BCUT2D eigenvalue weighted by Crippen LogP contribution is 2.28. The van der Waals surface area contributed by atoms with Crippen LogP contribution in [0.1, 0.15) is 30.6 Å². The highest BCUT2D eigenvalue weighted by atomic mass is 79.9. The average molecular weight is 383 g/mol. The van der Waals surface area contributed by atoms with E-state index >= 15 is 0 Å². The second-order valence-corrected chi connectivity index (χ2v) is 7.53. The zero-order chi connectivity index (χ0) is 16.0. The van der Waals surface area contributed by atoms with Crippen molar-refractivity contribution in [2.45, 2.75) is 31.2 Å². The molecule has 22 heavy (non-hydrogen) atoms. The molecule has 0 bridgehead atoms. The molecule has 7 heteroatoms. The summed E-state index contributed by atoms with van der Waals surface area (Å²) in [5.74, 6) is -1.03. The Labute approximate surface area is 141 Å². The number of ether oxygens (including phenoxy) is 1. The van der Waals surface area contributed by atoms with Crippen molar-refractivity contribution >= 4 is 45.2 Å². The molecule has 0 saturated heterocycles. The number of esters is 1. The van der Waals surface area contributed by atoms with Crippen LogP contribution in [0.25, 0.3) is 6.08 Å². The topological polar surface area (TPSA) is 79.2 Å². The van der Waals surface area contributed by atoms with Crippen molar-refractivity contribution in [1.82, 2.24) is 5.32 Å². The Morgan fingerprint density at radius 2 is 2.18 bits per heavy atom. The van der Waals surface area contributed by atoms with Crippen molar-refractivity contribution in [3.8, 4) is 6.07 Å². The van der Waals surface area contributed by atoms with Gasteiger partial charge in [-0.2, -0.15) is 5.26 Å². The van der Waals surface area contributed by atoms with Gasteiger partial charge in [0.05, 0.1) is 9.86 Å². The molecule has 1 aliphatic rings. The molecule has 0 radical (unpaired) electrons. The van der Waals surface area contributed by atoms with Gasteiger partial charge in [0.2, 0.25) is 0 Å². The first-order valence-electron chi connectivity index (χ1n) is 6.85. The molecule has 2 rings (SSSR count). The predicted molar refractivity (Wildman–Crippen MR) is 87.0 cm³/mol. The fourth-order valence-electron chi connectivity index (χ4n) is 2.30. The number of rotatable bonds is 5. The first kappa shape index (κ1) is 16.7. The average Bonchev–Trinajstić information content (AvgIpc) is 3.12. The molecule has 116 valence electrons. The third kappa shape index (κ3) is 4.68. The van der Waals surface area contributed by atoms with Crippen molar-refractivity contribution in [1.29, 1.82) is 5.26 Å². The molecule has 1 heterocycles. The van der Waals surface area contributed by atoms with Gasteiger partial charge in [0.25, 0.3) is 5.91 Å². The molecule has 1 aromatic rings. The first-order chi connectivity index (χ1) is 10.5. The highest BCUT2D eigenvalue weighted by Gasteiger charge is 2.35. The quantitative estimate of drug-likeness (QED) is 0.626. The SMILES string of the molecule is N#CC1(NC(=O)COC(=O)/C=C/c2ccc(Br)s2)CCCC1. The lowest BCUT2D eigenvalue weighted by Crippen LogP contribution is -2.46. The number of nitrogens with zero attached hydrogens (tertiary/aromatic N) is 1. The van der Waals surface area contributed by atoms with Gasteiger partial charge in [0.1, 0.15) is 5.54 Å². The van der Waals surface area contributed by atoms with E-state index in [1.54, 1.807) is 6.08 Å². The minimum absolute atomic E-state index is 0.374. The highest BCUT2D eigenvalue weighted by molar-refractivity contribution is 9.11. The van der Waals surface area contributed by atoms with Gasteiger partial charge in [-0.05, 0) is 59.8 Å². The number of halogens is 1. The van der Waals surface area contributed by atoms with Crippen LogP contribution in [0, 0.1) is 11.3 Å². The number of carbonyl (C=O) groups is 2. The number of nitriles is 1. The van der Waals surface area contributed by atoms with E-state index in [0.717, 1.165) is 21.5 Å². The van der Waals surface area contributed by atoms with Crippen LogP contribution in [0.3, 0.4) is 0 Å². The first-order valence-corrected chi connectivity index (χ1v) is 8.46. The molecule has 1 fully saturated rings. The molecule has 0 atom stereocenters. The van der Waals surface area contributed by atoms with Crippen LogP contribution in [-0.2, 0) is 14.3 Å². The van der Waals surface area contributed by atoms with Crippen molar-refractivity contribution in [3.05, 3.63) is 26.9 Å². The zero-order valence-electron chi connectivity index (χ0n) is 11.8. The summed E-state index contributed by atoms with van der Waals surface area (Å²) >= 11 is 4.82. The summed E-state index contributed by atoms with van der Waals surface area (Å²) in [5.41, 5.74) is -0.789. The molecule has 1 N–H and O–H groups in total.